The summed E-state index contributed by atoms with van der Waals surface area (Å²) in [6.45, 7) is 0. The zero-order chi connectivity index (χ0) is 19.2. The Bertz CT molecular complexity index is 1500. The highest BCUT2D eigenvalue weighted by molar-refractivity contribution is 6.11. The topological polar surface area (TPSA) is 51.8 Å². The van der Waals surface area contributed by atoms with Crippen LogP contribution in [0.3, 0.4) is 0 Å². The van der Waals surface area contributed by atoms with Gasteiger partial charge in [0.25, 0.3) is 0 Å². The van der Waals surface area contributed by atoms with Gasteiger partial charge in [-0.15, -0.1) is 0 Å². The first kappa shape index (κ1) is 16.0. The van der Waals surface area contributed by atoms with Crippen molar-refractivity contribution in [3.05, 3.63) is 91.5 Å². The van der Waals surface area contributed by atoms with E-state index in [1.807, 2.05) is 36.5 Å². The Balaban J connectivity index is 1.60. The number of furan rings is 1. The van der Waals surface area contributed by atoms with Crippen LogP contribution in [0.4, 0.5) is 0 Å². The molecule has 0 fully saturated rings. The van der Waals surface area contributed by atoms with E-state index in [0.29, 0.717) is 0 Å². The smallest absolute Gasteiger partial charge is 0.144 e. The maximum absolute atomic E-state index is 6.21. The van der Waals surface area contributed by atoms with Crippen LogP contribution in [-0.2, 0) is 0 Å². The number of hydrogen-bond acceptors (Lipinski definition) is 4. The fourth-order valence-electron chi connectivity index (χ4n) is 3.92. The molecule has 4 heteroatoms. The minimum absolute atomic E-state index is 0.852. The Labute approximate surface area is 166 Å². The summed E-state index contributed by atoms with van der Waals surface area (Å²) in [7, 11) is 0. The summed E-state index contributed by atoms with van der Waals surface area (Å²) in [5.74, 6) is 0. The second-order valence-corrected chi connectivity index (χ2v) is 6.98. The number of benzene rings is 3. The van der Waals surface area contributed by atoms with Crippen molar-refractivity contribution >= 4 is 32.8 Å². The molecule has 0 unspecified atom stereocenters. The molecule has 6 aromatic rings. The molecule has 3 heterocycles. The van der Waals surface area contributed by atoms with Crippen molar-refractivity contribution in [1.29, 1.82) is 0 Å². The lowest BCUT2D eigenvalue weighted by molar-refractivity contribution is 0.670. The first-order valence-electron chi connectivity index (χ1n) is 9.44. The molecule has 0 aliphatic rings. The van der Waals surface area contributed by atoms with Crippen LogP contribution in [0.5, 0.6) is 0 Å². The maximum Gasteiger partial charge on any atom is 0.144 e. The monoisotopic (exact) mass is 373 g/mol. The summed E-state index contributed by atoms with van der Waals surface area (Å²) >= 11 is 0. The third-order valence-electron chi connectivity index (χ3n) is 5.29. The number of aromatic nitrogens is 3. The van der Waals surface area contributed by atoms with Crippen LogP contribution < -0.4 is 0 Å². The van der Waals surface area contributed by atoms with E-state index in [2.05, 4.69) is 57.4 Å². The average molecular weight is 373 g/mol. The molecular formula is C25H15N3O. The van der Waals surface area contributed by atoms with E-state index in [9.17, 15) is 0 Å². The van der Waals surface area contributed by atoms with Gasteiger partial charge >= 0.3 is 0 Å². The van der Waals surface area contributed by atoms with Crippen molar-refractivity contribution in [3.63, 3.8) is 0 Å². The van der Waals surface area contributed by atoms with E-state index < -0.39 is 0 Å². The van der Waals surface area contributed by atoms with Gasteiger partial charge < -0.3 is 4.42 Å². The molecule has 0 saturated heterocycles. The standard InChI is InChI=1S/C25H15N3O/c1-2-9-23-18(6-1)19-7-3-8-21(25(19)29-23)24-20-11-10-16(13-22(20)27-15-28-24)17-5-4-12-26-14-17/h1-15H. The summed E-state index contributed by atoms with van der Waals surface area (Å²) in [6, 6.07) is 24.5. The summed E-state index contributed by atoms with van der Waals surface area (Å²) in [5.41, 5.74) is 6.62. The summed E-state index contributed by atoms with van der Waals surface area (Å²) in [6.07, 6.45) is 5.25. The van der Waals surface area contributed by atoms with Gasteiger partial charge in [0.1, 0.15) is 17.5 Å². The Kier molecular flexibility index (Phi) is 3.43. The molecule has 0 aliphatic heterocycles. The van der Waals surface area contributed by atoms with Crippen LogP contribution in [0, 0.1) is 0 Å². The second-order valence-electron chi connectivity index (χ2n) is 6.98. The lowest BCUT2D eigenvalue weighted by atomic mass is 10.0. The highest BCUT2D eigenvalue weighted by atomic mass is 16.3. The van der Waals surface area contributed by atoms with Gasteiger partial charge in [-0.2, -0.15) is 0 Å². The molecule has 6 rings (SSSR count). The zero-order valence-corrected chi connectivity index (χ0v) is 15.4. The van der Waals surface area contributed by atoms with E-state index in [1.54, 1.807) is 12.5 Å². The molecule has 0 amide bonds. The first-order valence-corrected chi connectivity index (χ1v) is 9.44. The Morgan fingerprint density at radius 2 is 1.62 bits per heavy atom. The second kappa shape index (κ2) is 6.24. The van der Waals surface area contributed by atoms with Crippen molar-refractivity contribution in [2.24, 2.45) is 0 Å². The predicted octanol–water partition coefficient (Wildman–Crippen LogP) is 6.26. The van der Waals surface area contributed by atoms with Gasteiger partial charge in [0.15, 0.2) is 0 Å². The van der Waals surface area contributed by atoms with Crippen molar-refractivity contribution < 1.29 is 4.42 Å². The Hall–Kier alpha value is -4.05. The van der Waals surface area contributed by atoms with Crippen LogP contribution in [0.2, 0.25) is 0 Å². The van der Waals surface area contributed by atoms with Crippen LogP contribution in [0.15, 0.2) is 95.9 Å². The predicted molar refractivity (Wildman–Crippen MR) is 115 cm³/mol. The lowest BCUT2D eigenvalue weighted by Crippen LogP contribution is -1.90. The average Bonchev–Trinajstić information content (AvgIpc) is 3.18. The van der Waals surface area contributed by atoms with Gasteiger partial charge in [0, 0.05) is 39.7 Å². The third-order valence-corrected chi connectivity index (χ3v) is 5.29. The van der Waals surface area contributed by atoms with E-state index in [0.717, 1.165) is 55.2 Å². The van der Waals surface area contributed by atoms with E-state index >= 15 is 0 Å². The van der Waals surface area contributed by atoms with Crippen molar-refractivity contribution in [1.82, 2.24) is 15.0 Å². The fraction of sp³-hybridized carbons (Fsp3) is 0. The summed E-state index contributed by atoms with van der Waals surface area (Å²) in [4.78, 5) is 13.3. The molecule has 0 N–H and O–H groups in total. The number of rotatable bonds is 2. The molecule has 3 aromatic heterocycles. The highest BCUT2D eigenvalue weighted by Crippen LogP contribution is 2.37. The molecule has 4 nitrogen and oxygen atoms in total. The van der Waals surface area contributed by atoms with E-state index in [4.69, 9.17) is 4.42 Å². The van der Waals surface area contributed by atoms with Gasteiger partial charge in [0.05, 0.1) is 11.2 Å². The molecule has 0 radical (unpaired) electrons. The van der Waals surface area contributed by atoms with E-state index in [1.165, 1.54) is 0 Å². The normalized spacial score (nSPS) is 11.4. The summed E-state index contributed by atoms with van der Waals surface area (Å²) < 4.78 is 6.21. The molecule has 136 valence electrons. The van der Waals surface area contributed by atoms with Crippen LogP contribution in [-0.4, -0.2) is 15.0 Å². The number of nitrogens with zero attached hydrogens (tertiary/aromatic N) is 3. The minimum atomic E-state index is 0.852. The van der Waals surface area contributed by atoms with Gasteiger partial charge in [-0.05, 0) is 35.9 Å². The SMILES string of the molecule is c1cncc(-c2ccc3c(-c4cccc5c4oc4ccccc45)ncnc3c2)c1. The highest BCUT2D eigenvalue weighted by Gasteiger charge is 2.15. The number of hydrogen-bond donors (Lipinski definition) is 0. The van der Waals surface area contributed by atoms with Crippen molar-refractivity contribution in [2.45, 2.75) is 0 Å². The van der Waals surface area contributed by atoms with Gasteiger partial charge in [0.2, 0.25) is 0 Å². The quantitative estimate of drug-likeness (QED) is 0.359. The largest absolute Gasteiger partial charge is 0.455 e. The third kappa shape index (κ3) is 2.50. The fourth-order valence-corrected chi connectivity index (χ4v) is 3.92. The lowest BCUT2D eigenvalue weighted by Gasteiger charge is -2.08. The zero-order valence-electron chi connectivity index (χ0n) is 15.4. The summed E-state index contributed by atoms with van der Waals surface area (Å²) in [5, 5.41) is 3.20. The van der Waals surface area contributed by atoms with Crippen LogP contribution in [0.25, 0.3) is 55.2 Å². The molecule has 0 atom stereocenters. The molecule has 0 spiro atoms. The van der Waals surface area contributed by atoms with Gasteiger partial charge in [-0.3, -0.25) is 4.98 Å². The Morgan fingerprint density at radius 3 is 2.55 bits per heavy atom. The molecule has 0 bridgehead atoms. The first-order chi connectivity index (χ1) is 14.4. The van der Waals surface area contributed by atoms with Crippen LogP contribution >= 0.6 is 0 Å². The Morgan fingerprint density at radius 1 is 0.690 bits per heavy atom. The maximum atomic E-state index is 6.21. The molecule has 29 heavy (non-hydrogen) atoms. The van der Waals surface area contributed by atoms with E-state index in [-0.39, 0.29) is 0 Å². The van der Waals surface area contributed by atoms with Crippen LogP contribution in [0.1, 0.15) is 0 Å². The number of fused-ring (bicyclic) bond motifs is 4. The van der Waals surface area contributed by atoms with Crippen molar-refractivity contribution in [3.8, 4) is 22.4 Å². The van der Waals surface area contributed by atoms with Gasteiger partial charge in [-0.25, -0.2) is 9.97 Å². The van der Waals surface area contributed by atoms with Crippen molar-refractivity contribution in [2.75, 3.05) is 0 Å². The number of para-hydroxylation sites is 2. The molecule has 3 aromatic carbocycles. The molecule has 0 saturated carbocycles. The number of pyridine rings is 1. The molecular weight excluding hydrogens is 358 g/mol. The molecule has 0 aliphatic carbocycles. The van der Waals surface area contributed by atoms with Gasteiger partial charge in [-0.1, -0.05) is 42.5 Å². The minimum Gasteiger partial charge on any atom is -0.455 e.